The van der Waals surface area contributed by atoms with E-state index in [1.165, 1.54) is 24.5 Å². The van der Waals surface area contributed by atoms with Crippen LogP contribution < -0.4 is 16.6 Å². The maximum atomic E-state index is 12.1. The first kappa shape index (κ1) is 15.2. The van der Waals surface area contributed by atoms with E-state index in [-0.39, 0.29) is 10.9 Å². The van der Waals surface area contributed by atoms with Crippen LogP contribution in [0.1, 0.15) is 23.0 Å². The Balaban J connectivity index is 2.60. The molecule has 22 heavy (non-hydrogen) atoms. The fraction of sp³-hybridized carbons (Fsp3) is 0.154. The molecule has 4 N–H and O–H groups in total. The van der Waals surface area contributed by atoms with E-state index in [4.69, 9.17) is 10.8 Å². The number of aromatic carboxylic acids is 1. The maximum Gasteiger partial charge on any atom is 0.341 e. The molecule has 0 atom stereocenters. The highest BCUT2D eigenvalue weighted by Gasteiger charge is 2.14. The predicted octanol–water partition coefficient (Wildman–Crippen LogP) is 0.117. The molecule has 0 aliphatic carbocycles. The standard InChI is InChI=1S/C13H13N5O4/c1-2-18-6-9(12(20)21)10(19)8-4-3-7(16-11(8)18)5-15-17-13(14)22/h3-6H,2H2,1H3,(H,20,21)(H3,14,17,22). The van der Waals surface area contributed by atoms with Crippen LogP contribution >= 0.6 is 0 Å². The molecule has 2 amide bonds. The molecule has 0 fully saturated rings. The first-order chi connectivity index (χ1) is 10.4. The van der Waals surface area contributed by atoms with Crippen LogP contribution in [0.25, 0.3) is 11.0 Å². The molecule has 0 spiro atoms. The number of hydrogen-bond acceptors (Lipinski definition) is 5. The Morgan fingerprint density at radius 1 is 1.50 bits per heavy atom. The molecule has 9 nitrogen and oxygen atoms in total. The second-order valence-corrected chi connectivity index (χ2v) is 4.30. The lowest BCUT2D eigenvalue weighted by atomic mass is 10.2. The molecule has 0 aliphatic heterocycles. The Morgan fingerprint density at radius 3 is 2.82 bits per heavy atom. The van der Waals surface area contributed by atoms with Crippen molar-refractivity contribution in [2.24, 2.45) is 10.8 Å². The zero-order valence-corrected chi connectivity index (χ0v) is 11.6. The van der Waals surface area contributed by atoms with Gasteiger partial charge in [-0.3, -0.25) is 4.79 Å². The third-order valence-electron chi connectivity index (χ3n) is 2.89. The number of fused-ring (bicyclic) bond motifs is 1. The largest absolute Gasteiger partial charge is 0.477 e. The second-order valence-electron chi connectivity index (χ2n) is 4.30. The summed E-state index contributed by atoms with van der Waals surface area (Å²) in [6, 6.07) is 2.14. The lowest BCUT2D eigenvalue weighted by molar-refractivity contribution is 0.0695. The number of carbonyl (C=O) groups excluding carboxylic acids is 1. The summed E-state index contributed by atoms with van der Waals surface area (Å²) in [4.78, 5) is 38.0. The number of nitrogens with zero attached hydrogens (tertiary/aromatic N) is 3. The van der Waals surface area contributed by atoms with E-state index in [0.717, 1.165) is 0 Å². The number of nitrogens with one attached hydrogen (secondary N) is 1. The molecule has 2 rings (SSSR count). The third-order valence-corrected chi connectivity index (χ3v) is 2.89. The van der Waals surface area contributed by atoms with Gasteiger partial charge in [0.15, 0.2) is 0 Å². The molecule has 9 heteroatoms. The van der Waals surface area contributed by atoms with Crippen LogP contribution in [-0.2, 0) is 6.54 Å². The Hall–Kier alpha value is -3.23. The van der Waals surface area contributed by atoms with E-state index in [0.29, 0.717) is 17.9 Å². The van der Waals surface area contributed by atoms with Crippen molar-refractivity contribution in [2.45, 2.75) is 13.5 Å². The monoisotopic (exact) mass is 303 g/mol. The van der Waals surface area contributed by atoms with Crippen LogP contribution in [0.4, 0.5) is 4.79 Å². The zero-order valence-electron chi connectivity index (χ0n) is 11.6. The van der Waals surface area contributed by atoms with E-state index in [1.807, 2.05) is 5.43 Å². The van der Waals surface area contributed by atoms with Gasteiger partial charge in [-0.2, -0.15) is 5.10 Å². The fourth-order valence-electron chi connectivity index (χ4n) is 1.91. The van der Waals surface area contributed by atoms with Crippen LogP contribution in [0.3, 0.4) is 0 Å². The van der Waals surface area contributed by atoms with Gasteiger partial charge in [-0.05, 0) is 19.1 Å². The van der Waals surface area contributed by atoms with Crippen molar-refractivity contribution < 1.29 is 14.7 Å². The number of amides is 2. The van der Waals surface area contributed by atoms with E-state index in [9.17, 15) is 14.4 Å². The van der Waals surface area contributed by atoms with Crippen molar-refractivity contribution in [3.63, 3.8) is 0 Å². The van der Waals surface area contributed by atoms with Crippen molar-refractivity contribution in [3.05, 3.63) is 39.8 Å². The molecule has 2 heterocycles. The van der Waals surface area contributed by atoms with Crippen LogP contribution in [-0.4, -0.2) is 32.9 Å². The lowest BCUT2D eigenvalue weighted by Gasteiger charge is -2.09. The minimum Gasteiger partial charge on any atom is -0.477 e. The van der Waals surface area contributed by atoms with Crippen LogP contribution in [0.15, 0.2) is 28.2 Å². The number of carboxylic acids is 1. The fourth-order valence-corrected chi connectivity index (χ4v) is 1.91. The topological polar surface area (TPSA) is 140 Å². The number of urea groups is 1. The molecule has 2 aromatic rings. The van der Waals surface area contributed by atoms with Crippen LogP contribution in [0.5, 0.6) is 0 Å². The average Bonchev–Trinajstić information content (AvgIpc) is 2.47. The quantitative estimate of drug-likeness (QED) is 0.543. The first-order valence-corrected chi connectivity index (χ1v) is 6.30. The molecule has 114 valence electrons. The van der Waals surface area contributed by atoms with Crippen molar-refractivity contribution in [1.29, 1.82) is 0 Å². The van der Waals surface area contributed by atoms with Gasteiger partial charge in [0.2, 0.25) is 5.43 Å². The van der Waals surface area contributed by atoms with Gasteiger partial charge < -0.3 is 15.4 Å². The molecule has 0 saturated heterocycles. The Bertz CT molecular complexity index is 840. The molecule has 0 radical (unpaired) electrons. The number of carbonyl (C=O) groups is 2. The summed E-state index contributed by atoms with van der Waals surface area (Å²) in [6.07, 6.45) is 2.52. The SMILES string of the molecule is CCn1cc(C(=O)O)c(=O)c2ccc(C=NNC(N)=O)nc21. The smallest absolute Gasteiger partial charge is 0.341 e. The summed E-state index contributed by atoms with van der Waals surface area (Å²) in [6.45, 7) is 2.23. The first-order valence-electron chi connectivity index (χ1n) is 6.30. The number of aromatic nitrogens is 2. The Labute approximate surface area is 124 Å². The van der Waals surface area contributed by atoms with Gasteiger partial charge in [0.05, 0.1) is 17.3 Å². The van der Waals surface area contributed by atoms with Gasteiger partial charge in [0.25, 0.3) is 0 Å². The van der Waals surface area contributed by atoms with Gasteiger partial charge in [-0.25, -0.2) is 20.0 Å². The number of nitrogens with two attached hydrogens (primary N) is 1. The van der Waals surface area contributed by atoms with Crippen molar-refractivity contribution in [1.82, 2.24) is 15.0 Å². The van der Waals surface area contributed by atoms with Gasteiger partial charge >= 0.3 is 12.0 Å². The summed E-state index contributed by atoms with van der Waals surface area (Å²) >= 11 is 0. The lowest BCUT2D eigenvalue weighted by Crippen LogP contribution is -2.24. The highest BCUT2D eigenvalue weighted by atomic mass is 16.4. The van der Waals surface area contributed by atoms with Crippen LogP contribution in [0, 0.1) is 0 Å². The average molecular weight is 303 g/mol. The van der Waals surface area contributed by atoms with Gasteiger partial charge in [-0.15, -0.1) is 0 Å². The molecule has 0 saturated carbocycles. The minimum absolute atomic E-state index is 0.196. The van der Waals surface area contributed by atoms with Gasteiger partial charge in [0.1, 0.15) is 11.2 Å². The van der Waals surface area contributed by atoms with E-state index in [1.54, 1.807) is 11.5 Å². The number of hydrazone groups is 1. The normalized spacial score (nSPS) is 11.0. The third kappa shape index (κ3) is 2.92. The predicted molar refractivity (Wildman–Crippen MR) is 78.9 cm³/mol. The highest BCUT2D eigenvalue weighted by molar-refractivity contribution is 5.92. The van der Waals surface area contributed by atoms with Gasteiger partial charge in [-0.1, -0.05) is 0 Å². The van der Waals surface area contributed by atoms with Crippen molar-refractivity contribution >= 4 is 29.2 Å². The van der Waals surface area contributed by atoms with Crippen LogP contribution in [0.2, 0.25) is 0 Å². The molecular weight excluding hydrogens is 290 g/mol. The minimum atomic E-state index is -1.29. The summed E-state index contributed by atoms with van der Waals surface area (Å²) in [7, 11) is 0. The van der Waals surface area contributed by atoms with Gasteiger partial charge in [0, 0.05) is 12.7 Å². The number of primary amides is 1. The molecule has 0 aliphatic rings. The molecule has 2 aromatic heterocycles. The number of rotatable bonds is 4. The summed E-state index contributed by atoms with van der Waals surface area (Å²) < 4.78 is 1.55. The Kier molecular flexibility index (Phi) is 4.16. The zero-order chi connectivity index (χ0) is 16.3. The molecule has 0 unspecified atom stereocenters. The molecule has 0 bridgehead atoms. The second kappa shape index (κ2) is 6.04. The van der Waals surface area contributed by atoms with E-state index >= 15 is 0 Å². The summed E-state index contributed by atoms with van der Waals surface area (Å²) in [5.74, 6) is -1.29. The van der Waals surface area contributed by atoms with E-state index in [2.05, 4.69) is 10.1 Å². The Morgan fingerprint density at radius 2 is 2.23 bits per heavy atom. The summed E-state index contributed by atoms with van der Waals surface area (Å²) in [5, 5.41) is 12.8. The number of carboxylic acid groups (broad SMARTS) is 1. The number of aryl methyl sites for hydroxylation is 1. The molecule has 0 aromatic carbocycles. The molecular formula is C13H13N5O4. The number of pyridine rings is 2. The highest BCUT2D eigenvalue weighted by Crippen LogP contribution is 2.10. The maximum absolute atomic E-state index is 12.1. The summed E-state index contributed by atoms with van der Waals surface area (Å²) in [5.41, 5.74) is 6.70. The van der Waals surface area contributed by atoms with E-state index < -0.39 is 17.4 Å². The van der Waals surface area contributed by atoms with Crippen molar-refractivity contribution in [2.75, 3.05) is 0 Å². The van der Waals surface area contributed by atoms with Crippen molar-refractivity contribution in [3.8, 4) is 0 Å². The number of hydrogen-bond donors (Lipinski definition) is 3.